The molecule has 1 aromatic heterocycles. The number of hydrogen-bond donors (Lipinski definition) is 3. The van der Waals surface area contributed by atoms with Crippen LogP contribution in [-0.2, 0) is 11.3 Å². The Morgan fingerprint density at radius 2 is 2.21 bits per heavy atom. The van der Waals surface area contributed by atoms with E-state index < -0.39 is 5.76 Å². The normalized spacial score (nSPS) is 11.1. The summed E-state index contributed by atoms with van der Waals surface area (Å²) in [5.41, 5.74) is 2.03. The van der Waals surface area contributed by atoms with Gasteiger partial charge in [-0.1, -0.05) is 19.9 Å². The Balaban J connectivity index is 1.94. The van der Waals surface area contributed by atoms with Gasteiger partial charge in [-0.2, -0.15) is 0 Å². The Hall–Kier alpha value is -2.08. The summed E-state index contributed by atoms with van der Waals surface area (Å²) in [6.07, 6.45) is 0. The molecular weight excluding hydrogens is 246 g/mol. The standard InChI is InChI=1S/C13H17N3O3/c1-8(2)14-7-12(17)15-6-9-3-4-10-11(5-9)19-13(18)16-10/h3-5,8,14H,6-7H2,1-2H3,(H,15,17)(H,16,18). The summed E-state index contributed by atoms with van der Waals surface area (Å²) in [5, 5.41) is 5.83. The van der Waals surface area contributed by atoms with Crippen molar-refractivity contribution in [3.8, 4) is 0 Å². The lowest BCUT2D eigenvalue weighted by Gasteiger charge is -2.08. The molecule has 0 aliphatic rings. The van der Waals surface area contributed by atoms with E-state index >= 15 is 0 Å². The second-order valence-corrected chi connectivity index (χ2v) is 4.66. The van der Waals surface area contributed by atoms with Crippen LogP contribution in [-0.4, -0.2) is 23.5 Å². The number of carbonyl (C=O) groups excluding carboxylic acids is 1. The van der Waals surface area contributed by atoms with E-state index in [0.717, 1.165) is 5.56 Å². The topological polar surface area (TPSA) is 87.1 Å². The molecule has 0 saturated heterocycles. The van der Waals surface area contributed by atoms with Gasteiger partial charge in [0.05, 0.1) is 12.1 Å². The summed E-state index contributed by atoms with van der Waals surface area (Å²) < 4.78 is 4.96. The number of benzene rings is 1. The van der Waals surface area contributed by atoms with Gasteiger partial charge < -0.3 is 15.1 Å². The monoisotopic (exact) mass is 263 g/mol. The third kappa shape index (κ3) is 3.69. The van der Waals surface area contributed by atoms with Crippen molar-refractivity contribution in [1.29, 1.82) is 0 Å². The summed E-state index contributed by atoms with van der Waals surface area (Å²) in [4.78, 5) is 25.1. The van der Waals surface area contributed by atoms with Crippen LogP contribution in [0.2, 0.25) is 0 Å². The maximum absolute atomic E-state index is 11.5. The maximum Gasteiger partial charge on any atom is 0.417 e. The highest BCUT2D eigenvalue weighted by molar-refractivity contribution is 5.78. The van der Waals surface area contributed by atoms with Crippen LogP contribution in [0.3, 0.4) is 0 Å². The van der Waals surface area contributed by atoms with Crippen LogP contribution in [0.1, 0.15) is 19.4 Å². The van der Waals surface area contributed by atoms with Crippen LogP contribution in [0.25, 0.3) is 11.1 Å². The first-order chi connectivity index (χ1) is 9.04. The molecule has 2 aromatic rings. The number of hydrogen-bond acceptors (Lipinski definition) is 4. The molecule has 3 N–H and O–H groups in total. The van der Waals surface area contributed by atoms with Crippen LogP contribution in [0.5, 0.6) is 0 Å². The molecule has 19 heavy (non-hydrogen) atoms. The van der Waals surface area contributed by atoms with Gasteiger partial charge in [-0.3, -0.25) is 9.78 Å². The highest BCUT2D eigenvalue weighted by atomic mass is 16.4. The first kappa shape index (κ1) is 13.4. The number of H-pyrrole nitrogens is 1. The first-order valence-corrected chi connectivity index (χ1v) is 6.16. The molecule has 0 atom stereocenters. The van der Waals surface area contributed by atoms with E-state index in [1.807, 2.05) is 19.9 Å². The maximum atomic E-state index is 11.5. The first-order valence-electron chi connectivity index (χ1n) is 6.16. The average Bonchev–Trinajstić information content (AvgIpc) is 2.73. The third-order valence-corrected chi connectivity index (χ3v) is 2.65. The van der Waals surface area contributed by atoms with Gasteiger partial charge in [0.15, 0.2) is 5.58 Å². The van der Waals surface area contributed by atoms with Crippen molar-refractivity contribution in [2.45, 2.75) is 26.4 Å². The fraction of sp³-hybridized carbons (Fsp3) is 0.385. The zero-order valence-electron chi connectivity index (χ0n) is 10.9. The van der Waals surface area contributed by atoms with Crippen molar-refractivity contribution >= 4 is 17.0 Å². The number of aromatic nitrogens is 1. The Labute approximate surface area is 110 Å². The van der Waals surface area contributed by atoms with Crippen LogP contribution < -0.4 is 16.4 Å². The molecule has 1 heterocycles. The molecule has 0 radical (unpaired) electrons. The van der Waals surface area contributed by atoms with Gasteiger partial charge in [-0.15, -0.1) is 0 Å². The van der Waals surface area contributed by atoms with E-state index in [2.05, 4.69) is 15.6 Å². The molecular formula is C13H17N3O3. The van der Waals surface area contributed by atoms with Gasteiger partial charge in [-0.25, -0.2) is 4.79 Å². The van der Waals surface area contributed by atoms with E-state index in [1.165, 1.54) is 0 Å². The minimum absolute atomic E-state index is 0.0654. The second kappa shape index (κ2) is 5.71. The minimum atomic E-state index is -0.475. The van der Waals surface area contributed by atoms with Crippen molar-refractivity contribution in [1.82, 2.24) is 15.6 Å². The van der Waals surface area contributed by atoms with Gasteiger partial charge >= 0.3 is 5.76 Å². The predicted molar refractivity (Wildman–Crippen MR) is 71.8 cm³/mol. The second-order valence-electron chi connectivity index (χ2n) is 4.66. The molecule has 6 heteroatoms. The molecule has 102 valence electrons. The summed E-state index contributed by atoms with van der Waals surface area (Å²) in [5.74, 6) is -0.540. The zero-order chi connectivity index (χ0) is 13.8. The molecule has 0 aliphatic heterocycles. The Kier molecular flexibility index (Phi) is 4.01. The average molecular weight is 263 g/mol. The Morgan fingerprint density at radius 3 is 2.95 bits per heavy atom. The summed E-state index contributed by atoms with van der Waals surface area (Å²) >= 11 is 0. The summed E-state index contributed by atoms with van der Waals surface area (Å²) in [6.45, 7) is 4.66. The molecule has 0 saturated carbocycles. The van der Waals surface area contributed by atoms with Crippen LogP contribution >= 0.6 is 0 Å². The molecule has 0 bridgehead atoms. The van der Waals surface area contributed by atoms with Crippen LogP contribution in [0.15, 0.2) is 27.4 Å². The number of oxazole rings is 1. The van der Waals surface area contributed by atoms with Crippen molar-refractivity contribution < 1.29 is 9.21 Å². The third-order valence-electron chi connectivity index (χ3n) is 2.65. The van der Waals surface area contributed by atoms with Gasteiger partial charge in [-0.05, 0) is 17.7 Å². The van der Waals surface area contributed by atoms with Crippen LogP contribution in [0, 0.1) is 0 Å². The lowest BCUT2D eigenvalue weighted by Crippen LogP contribution is -2.36. The molecule has 2 rings (SSSR count). The van der Waals surface area contributed by atoms with E-state index in [0.29, 0.717) is 24.2 Å². The minimum Gasteiger partial charge on any atom is -0.408 e. The fourth-order valence-electron chi connectivity index (χ4n) is 1.66. The largest absolute Gasteiger partial charge is 0.417 e. The van der Waals surface area contributed by atoms with Crippen LogP contribution in [0.4, 0.5) is 0 Å². The van der Waals surface area contributed by atoms with Crippen molar-refractivity contribution in [3.63, 3.8) is 0 Å². The highest BCUT2D eigenvalue weighted by Gasteiger charge is 2.05. The number of amides is 1. The predicted octanol–water partition coefficient (Wildman–Crippen LogP) is 0.735. The van der Waals surface area contributed by atoms with E-state index in [4.69, 9.17) is 4.42 Å². The fourth-order valence-corrected chi connectivity index (χ4v) is 1.66. The molecule has 1 amide bonds. The molecule has 0 aliphatic carbocycles. The summed E-state index contributed by atoms with van der Waals surface area (Å²) in [6, 6.07) is 5.61. The molecule has 1 aromatic carbocycles. The number of aromatic amines is 1. The number of carbonyl (C=O) groups is 1. The lowest BCUT2D eigenvalue weighted by molar-refractivity contribution is -0.120. The van der Waals surface area contributed by atoms with Crippen molar-refractivity contribution in [3.05, 3.63) is 34.3 Å². The Morgan fingerprint density at radius 1 is 1.42 bits per heavy atom. The molecule has 6 nitrogen and oxygen atoms in total. The van der Waals surface area contributed by atoms with Gasteiger partial charge in [0.25, 0.3) is 0 Å². The number of nitrogens with one attached hydrogen (secondary N) is 3. The van der Waals surface area contributed by atoms with E-state index in [9.17, 15) is 9.59 Å². The lowest BCUT2D eigenvalue weighted by atomic mass is 10.2. The molecule has 0 fully saturated rings. The zero-order valence-corrected chi connectivity index (χ0v) is 10.9. The van der Waals surface area contributed by atoms with E-state index in [-0.39, 0.29) is 11.9 Å². The van der Waals surface area contributed by atoms with Crippen molar-refractivity contribution in [2.75, 3.05) is 6.54 Å². The quantitative estimate of drug-likeness (QED) is 0.742. The highest BCUT2D eigenvalue weighted by Crippen LogP contribution is 2.11. The van der Waals surface area contributed by atoms with Gasteiger partial charge in [0, 0.05) is 12.6 Å². The Bertz CT molecular complexity index is 627. The van der Waals surface area contributed by atoms with Gasteiger partial charge in [0.1, 0.15) is 0 Å². The molecule has 0 unspecified atom stereocenters. The SMILES string of the molecule is CC(C)NCC(=O)NCc1ccc2[nH]c(=O)oc2c1. The van der Waals surface area contributed by atoms with E-state index in [1.54, 1.807) is 12.1 Å². The van der Waals surface area contributed by atoms with Crippen molar-refractivity contribution in [2.24, 2.45) is 0 Å². The molecule has 0 spiro atoms. The smallest absolute Gasteiger partial charge is 0.408 e. The summed E-state index contributed by atoms with van der Waals surface area (Å²) in [7, 11) is 0. The van der Waals surface area contributed by atoms with Gasteiger partial charge in [0.2, 0.25) is 5.91 Å². The number of fused-ring (bicyclic) bond motifs is 1. The number of rotatable bonds is 5.